The first kappa shape index (κ1) is 24.3. The summed E-state index contributed by atoms with van der Waals surface area (Å²) >= 11 is 0. The van der Waals surface area contributed by atoms with E-state index in [9.17, 15) is 14.4 Å². The summed E-state index contributed by atoms with van der Waals surface area (Å²) in [6.45, 7) is 10.4. The standard InChI is InChI=1S/C26H32N2O5/c1-6-17(2)16-32-19-12-11-18(13-14-27-25(31)33-26(3,4)5)22(15-19)28-23(29)20-9-7-8-10-21(20)24(28)30/h7-12,15,17H,6,13-14,16H2,1-5H3,(H,27,31)/t17-/m0/s1. The average Bonchev–Trinajstić information content (AvgIpc) is 3.01. The van der Waals surface area contributed by atoms with Crippen LogP contribution in [-0.4, -0.2) is 36.7 Å². The van der Waals surface area contributed by atoms with Gasteiger partial charge in [-0.3, -0.25) is 9.59 Å². The molecule has 2 aromatic carbocycles. The molecule has 0 unspecified atom stereocenters. The summed E-state index contributed by atoms with van der Waals surface area (Å²) in [6.07, 6.45) is 0.881. The highest BCUT2D eigenvalue weighted by Crippen LogP contribution is 2.33. The van der Waals surface area contributed by atoms with Crippen LogP contribution in [0.2, 0.25) is 0 Å². The molecule has 1 heterocycles. The molecule has 0 spiro atoms. The lowest BCUT2D eigenvalue weighted by atomic mass is 10.1. The first-order chi connectivity index (χ1) is 15.6. The predicted molar refractivity (Wildman–Crippen MR) is 127 cm³/mol. The van der Waals surface area contributed by atoms with Crippen molar-refractivity contribution >= 4 is 23.6 Å². The molecule has 1 aliphatic heterocycles. The van der Waals surface area contributed by atoms with Crippen molar-refractivity contribution in [3.63, 3.8) is 0 Å². The first-order valence-corrected chi connectivity index (χ1v) is 11.3. The smallest absolute Gasteiger partial charge is 0.407 e. The van der Waals surface area contributed by atoms with Crippen molar-refractivity contribution < 1.29 is 23.9 Å². The third kappa shape index (κ3) is 5.92. The molecule has 0 aromatic heterocycles. The Kier molecular flexibility index (Phi) is 7.41. The van der Waals surface area contributed by atoms with Gasteiger partial charge >= 0.3 is 6.09 Å². The van der Waals surface area contributed by atoms with Crippen LogP contribution in [0.25, 0.3) is 0 Å². The van der Waals surface area contributed by atoms with E-state index in [1.54, 1.807) is 51.1 Å². The van der Waals surface area contributed by atoms with Crippen LogP contribution in [0.15, 0.2) is 42.5 Å². The fourth-order valence-corrected chi connectivity index (χ4v) is 3.43. The Morgan fingerprint density at radius 1 is 1.06 bits per heavy atom. The molecule has 33 heavy (non-hydrogen) atoms. The van der Waals surface area contributed by atoms with Crippen molar-refractivity contribution in [1.29, 1.82) is 0 Å². The Morgan fingerprint density at radius 3 is 2.27 bits per heavy atom. The Hall–Kier alpha value is -3.35. The van der Waals surface area contributed by atoms with Crippen molar-refractivity contribution in [2.75, 3.05) is 18.1 Å². The van der Waals surface area contributed by atoms with Crippen molar-refractivity contribution in [1.82, 2.24) is 5.32 Å². The van der Waals surface area contributed by atoms with Crippen molar-refractivity contribution in [3.8, 4) is 5.75 Å². The number of fused-ring (bicyclic) bond motifs is 1. The molecule has 1 aliphatic rings. The molecule has 3 rings (SSSR count). The summed E-state index contributed by atoms with van der Waals surface area (Å²) in [5, 5.41) is 2.73. The van der Waals surface area contributed by atoms with Crippen molar-refractivity contribution in [2.24, 2.45) is 5.92 Å². The summed E-state index contributed by atoms with van der Waals surface area (Å²) in [5.74, 6) is 0.239. The second-order valence-electron chi connectivity index (χ2n) is 9.28. The Balaban J connectivity index is 1.85. The quantitative estimate of drug-likeness (QED) is 0.571. The first-order valence-electron chi connectivity index (χ1n) is 11.3. The molecule has 0 saturated carbocycles. The van der Waals surface area contributed by atoms with Gasteiger partial charge in [-0.25, -0.2) is 9.69 Å². The minimum absolute atomic E-state index is 0.290. The predicted octanol–water partition coefficient (Wildman–Crippen LogP) is 4.98. The number of carbonyl (C=O) groups excluding carboxylic acids is 3. The molecule has 0 fully saturated rings. The number of benzene rings is 2. The fraction of sp³-hybridized carbons (Fsp3) is 0.423. The van der Waals surface area contributed by atoms with Crippen molar-refractivity contribution in [3.05, 3.63) is 59.2 Å². The second kappa shape index (κ2) is 10.1. The van der Waals surface area contributed by atoms with Gasteiger partial charge in [0.05, 0.1) is 23.4 Å². The zero-order chi connectivity index (χ0) is 24.2. The number of ether oxygens (including phenoxy) is 2. The number of imide groups is 1. The maximum atomic E-state index is 13.1. The number of rotatable bonds is 8. The number of amides is 3. The third-order valence-electron chi connectivity index (χ3n) is 5.39. The molecular formula is C26H32N2O5. The minimum Gasteiger partial charge on any atom is -0.493 e. The fourth-order valence-electron chi connectivity index (χ4n) is 3.43. The SMILES string of the molecule is CC[C@H](C)COc1ccc(CCNC(=O)OC(C)(C)C)c(N2C(=O)c3ccccc3C2=O)c1. The molecule has 7 heteroatoms. The van der Waals surface area contributed by atoms with E-state index in [1.165, 1.54) is 4.90 Å². The van der Waals surface area contributed by atoms with Gasteiger partial charge in [-0.05, 0) is 56.9 Å². The van der Waals surface area contributed by atoms with Gasteiger partial charge in [-0.1, -0.05) is 38.5 Å². The number of nitrogens with zero attached hydrogens (tertiary/aromatic N) is 1. The van der Waals surface area contributed by atoms with Crippen LogP contribution >= 0.6 is 0 Å². The minimum atomic E-state index is -0.593. The lowest BCUT2D eigenvalue weighted by Crippen LogP contribution is -2.34. The van der Waals surface area contributed by atoms with Gasteiger partial charge in [0.15, 0.2) is 0 Å². The molecular weight excluding hydrogens is 420 g/mol. The number of carbonyl (C=O) groups is 3. The second-order valence-corrected chi connectivity index (χ2v) is 9.28. The van der Waals surface area contributed by atoms with Gasteiger partial charge in [0.25, 0.3) is 11.8 Å². The van der Waals surface area contributed by atoms with Crippen LogP contribution < -0.4 is 15.0 Å². The molecule has 7 nitrogen and oxygen atoms in total. The summed E-state index contributed by atoms with van der Waals surface area (Å²) < 4.78 is 11.2. The van der Waals surface area contributed by atoms with E-state index >= 15 is 0 Å². The van der Waals surface area contributed by atoms with E-state index in [4.69, 9.17) is 9.47 Å². The van der Waals surface area contributed by atoms with Crippen LogP contribution in [0.1, 0.15) is 67.3 Å². The molecule has 3 amide bonds. The van der Waals surface area contributed by atoms with Gasteiger partial charge in [0, 0.05) is 12.6 Å². The number of hydrogen-bond acceptors (Lipinski definition) is 5. The van der Waals surface area contributed by atoms with E-state index in [0.717, 1.165) is 12.0 Å². The molecule has 1 atom stereocenters. The summed E-state index contributed by atoms with van der Waals surface area (Å²) in [4.78, 5) is 39.4. The van der Waals surface area contributed by atoms with Crippen LogP contribution in [0.3, 0.4) is 0 Å². The summed E-state index contributed by atoms with van der Waals surface area (Å²) in [5.41, 5.74) is 1.38. The topological polar surface area (TPSA) is 84.9 Å². The van der Waals surface area contributed by atoms with E-state index in [-0.39, 0.29) is 18.4 Å². The van der Waals surface area contributed by atoms with Gasteiger partial charge in [-0.15, -0.1) is 0 Å². The van der Waals surface area contributed by atoms with E-state index < -0.39 is 11.7 Å². The highest BCUT2D eigenvalue weighted by molar-refractivity contribution is 6.34. The van der Waals surface area contributed by atoms with Crippen LogP contribution in [0, 0.1) is 5.92 Å². The van der Waals surface area contributed by atoms with Gasteiger partial charge in [-0.2, -0.15) is 0 Å². The largest absolute Gasteiger partial charge is 0.493 e. The van der Waals surface area contributed by atoms with E-state index in [0.29, 0.717) is 41.5 Å². The zero-order valence-corrected chi connectivity index (χ0v) is 19.9. The number of hydrogen-bond donors (Lipinski definition) is 1. The van der Waals surface area contributed by atoms with Crippen molar-refractivity contribution in [2.45, 2.75) is 53.1 Å². The zero-order valence-electron chi connectivity index (χ0n) is 19.9. The molecule has 2 aromatic rings. The molecule has 0 radical (unpaired) electrons. The normalized spacial score (nSPS) is 14.2. The van der Waals surface area contributed by atoms with Crippen LogP contribution in [0.5, 0.6) is 5.75 Å². The highest BCUT2D eigenvalue weighted by Gasteiger charge is 2.37. The monoisotopic (exact) mass is 452 g/mol. The maximum Gasteiger partial charge on any atom is 0.407 e. The maximum absolute atomic E-state index is 13.1. The van der Waals surface area contributed by atoms with Gasteiger partial charge in [0.1, 0.15) is 11.4 Å². The molecule has 0 saturated heterocycles. The Morgan fingerprint density at radius 2 is 1.70 bits per heavy atom. The molecule has 0 aliphatic carbocycles. The number of nitrogens with one attached hydrogen (secondary N) is 1. The summed E-state index contributed by atoms with van der Waals surface area (Å²) in [6, 6.07) is 12.2. The van der Waals surface area contributed by atoms with Gasteiger partial charge in [0.2, 0.25) is 0 Å². The van der Waals surface area contributed by atoms with Crippen LogP contribution in [-0.2, 0) is 11.2 Å². The summed E-state index contributed by atoms with van der Waals surface area (Å²) in [7, 11) is 0. The van der Waals surface area contributed by atoms with E-state index in [2.05, 4.69) is 19.2 Å². The molecule has 1 N–H and O–H groups in total. The third-order valence-corrected chi connectivity index (χ3v) is 5.39. The lowest BCUT2D eigenvalue weighted by Gasteiger charge is -2.21. The average molecular weight is 453 g/mol. The van der Waals surface area contributed by atoms with E-state index in [1.807, 2.05) is 12.1 Å². The van der Waals surface area contributed by atoms with Gasteiger partial charge < -0.3 is 14.8 Å². The highest BCUT2D eigenvalue weighted by atomic mass is 16.6. The van der Waals surface area contributed by atoms with Crippen LogP contribution in [0.4, 0.5) is 10.5 Å². The Labute approximate surface area is 195 Å². The Bertz CT molecular complexity index is 1010. The molecule has 0 bridgehead atoms. The molecule has 176 valence electrons. The number of alkyl carbamates (subject to hydrolysis) is 1. The number of anilines is 1. The lowest BCUT2D eigenvalue weighted by molar-refractivity contribution is 0.0528.